The largest absolute Gasteiger partial charge is 0.459 e. The molecule has 0 aromatic rings. The Balaban J connectivity index is 1.65. The van der Waals surface area contributed by atoms with Crippen molar-refractivity contribution in [2.45, 2.75) is 63.8 Å². The zero-order chi connectivity index (χ0) is 19.4. The van der Waals surface area contributed by atoms with Gasteiger partial charge in [-0.05, 0) is 49.4 Å². The minimum absolute atomic E-state index is 0.00579. The van der Waals surface area contributed by atoms with Crippen LogP contribution >= 0.6 is 0 Å². The summed E-state index contributed by atoms with van der Waals surface area (Å²) in [6.07, 6.45) is 5.46. The molecule has 2 aliphatic heterocycles. The third kappa shape index (κ3) is 2.79. The maximum Gasteiger partial charge on any atom is 0.336 e. The molecule has 2 aliphatic carbocycles. The average molecular weight is 380 g/mol. The van der Waals surface area contributed by atoms with Crippen LogP contribution in [-0.4, -0.2) is 60.9 Å². The summed E-state index contributed by atoms with van der Waals surface area (Å²) in [7, 11) is 1.60. The molecular formula is C21H32O6. The number of hydrogen-bond donors (Lipinski definition) is 2. The van der Waals surface area contributed by atoms with E-state index in [2.05, 4.69) is 6.92 Å². The second kappa shape index (κ2) is 6.55. The Morgan fingerprint density at radius 1 is 1.30 bits per heavy atom. The molecule has 0 amide bonds. The Morgan fingerprint density at radius 3 is 2.67 bits per heavy atom. The first-order valence-corrected chi connectivity index (χ1v) is 10.1. The van der Waals surface area contributed by atoms with Crippen LogP contribution in [0.25, 0.3) is 0 Å². The summed E-state index contributed by atoms with van der Waals surface area (Å²) in [6, 6.07) is 0. The molecule has 2 saturated carbocycles. The molecule has 2 saturated heterocycles. The van der Waals surface area contributed by atoms with E-state index in [4.69, 9.17) is 14.2 Å². The molecule has 4 aliphatic rings. The van der Waals surface area contributed by atoms with Crippen molar-refractivity contribution in [1.82, 2.24) is 0 Å². The van der Waals surface area contributed by atoms with E-state index < -0.39 is 11.5 Å². The normalized spacial score (nSPS) is 50.7. The van der Waals surface area contributed by atoms with Gasteiger partial charge in [0.2, 0.25) is 0 Å². The molecule has 0 aromatic carbocycles. The van der Waals surface area contributed by atoms with Crippen LogP contribution in [0.2, 0.25) is 0 Å². The van der Waals surface area contributed by atoms with E-state index in [1.807, 2.05) is 13.0 Å². The van der Waals surface area contributed by atoms with E-state index in [-0.39, 0.29) is 48.1 Å². The smallest absolute Gasteiger partial charge is 0.336 e. The Bertz CT molecular complexity index is 641. The number of allylic oxidation sites excluding steroid dienone is 1. The number of fused-ring (bicyclic) bond motifs is 1. The summed E-state index contributed by atoms with van der Waals surface area (Å²) in [5.41, 5.74) is -0.0459. The molecular weight excluding hydrogens is 348 g/mol. The summed E-state index contributed by atoms with van der Waals surface area (Å²) in [5, 5.41) is 20.8. The van der Waals surface area contributed by atoms with Crippen LogP contribution in [0.4, 0.5) is 0 Å². The topological polar surface area (TPSA) is 88.5 Å². The second-order valence-electron chi connectivity index (χ2n) is 9.44. The minimum atomic E-state index is -0.490. The number of ether oxygens (including phenoxy) is 3. The first-order chi connectivity index (χ1) is 12.8. The fourth-order valence-corrected chi connectivity index (χ4v) is 6.43. The van der Waals surface area contributed by atoms with Gasteiger partial charge in [-0.25, -0.2) is 4.79 Å². The molecule has 7 atom stereocenters. The quantitative estimate of drug-likeness (QED) is 0.439. The molecule has 1 spiro atoms. The lowest BCUT2D eigenvalue weighted by Crippen LogP contribution is -2.60. The molecule has 2 N–H and O–H groups in total. The van der Waals surface area contributed by atoms with Crippen molar-refractivity contribution in [1.29, 1.82) is 0 Å². The number of carbonyl (C=O) groups excluding carboxylic acids is 1. The van der Waals surface area contributed by atoms with Crippen molar-refractivity contribution in [3.8, 4) is 0 Å². The second-order valence-corrected chi connectivity index (χ2v) is 9.44. The van der Waals surface area contributed by atoms with Crippen molar-refractivity contribution < 1.29 is 29.2 Å². The van der Waals surface area contributed by atoms with Gasteiger partial charge in [-0.15, -0.1) is 0 Å². The fourth-order valence-electron chi connectivity index (χ4n) is 6.43. The number of hydrogen-bond acceptors (Lipinski definition) is 6. The predicted octanol–water partition coefficient (Wildman–Crippen LogP) is 1.83. The first kappa shape index (κ1) is 19.4. The molecule has 0 bridgehead atoms. The van der Waals surface area contributed by atoms with E-state index in [1.165, 1.54) is 0 Å². The first-order valence-electron chi connectivity index (χ1n) is 10.1. The maximum absolute atomic E-state index is 12.1. The monoisotopic (exact) mass is 380 g/mol. The highest BCUT2D eigenvalue weighted by Crippen LogP contribution is 2.66. The standard InChI is InChI=1S/C21H32O6/c1-19-8-7-17(23)20(2,11-22)15(19)6-9-21(12-27-21)16(19)5-4-13-14(25-3)10-26-18(13)24/h4,14-17,22-23H,5-12H2,1-3H3/b13-4+/t14-,15?,16?,17-,19+,20+,21?/m1/s1. The molecule has 4 fully saturated rings. The molecule has 6 heteroatoms. The average Bonchev–Trinajstić information content (AvgIpc) is 3.33. The van der Waals surface area contributed by atoms with Crippen LogP contribution in [-0.2, 0) is 19.0 Å². The highest BCUT2D eigenvalue weighted by atomic mass is 16.6. The SMILES string of the molecule is CO[C@@H]1COC(=O)/C1=C/CC1C2(CCC3[C@]1(C)CC[C@@H](O)[C@@]3(C)CO)CO2. The molecule has 152 valence electrons. The van der Waals surface area contributed by atoms with Crippen LogP contribution in [0, 0.1) is 22.7 Å². The number of cyclic esters (lactones) is 1. The summed E-state index contributed by atoms with van der Waals surface area (Å²) in [6.45, 7) is 5.36. The third-order valence-corrected chi connectivity index (χ3v) is 8.26. The zero-order valence-electron chi connectivity index (χ0n) is 16.6. The molecule has 27 heavy (non-hydrogen) atoms. The van der Waals surface area contributed by atoms with Crippen molar-refractivity contribution >= 4 is 5.97 Å². The summed E-state index contributed by atoms with van der Waals surface area (Å²) in [5.74, 6) is 0.190. The van der Waals surface area contributed by atoms with Gasteiger partial charge in [0.15, 0.2) is 0 Å². The van der Waals surface area contributed by atoms with Gasteiger partial charge >= 0.3 is 5.97 Å². The van der Waals surface area contributed by atoms with Crippen LogP contribution < -0.4 is 0 Å². The van der Waals surface area contributed by atoms with Crippen LogP contribution in [0.15, 0.2) is 11.6 Å². The summed E-state index contributed by atoms with van der Waals surface area (Å²) < 4.78 is 16.5. The van der Waals surface area contributed by atoms with Crippen molar-refractivity contribution in [2.75, 3.05) is 26.9 Å². The van der Waals surface area contributed by atoms with Gasteiger partial charge < -0.3 is 24.4 Å². The number of rotatable bonds is 4. The Morgan fingerprint density at radius 2 is 2.04 bits per heavy atom. The van der Waals surface area contributed by atoms with Gasteiger partial charge in [-0.2, -0.15) is 0 Å². The Kier molecular flexibility index (Phi) is 4.70. The maximum atomic E-state index is 12.1. The number of aliphatic hydroxyl groups is 2. The van der Waals surface area contributed by atoms with Gasteiger partial charge in [0.1, 0.15) is 12.7 Å². The summed E-state index contributed by atoms with van der Waals surface area (Å²) >= 11 is 0. The van der Waals surface area contributed by atoms with E-state index >= 15 is 0 Å². The summed E-state index contributed by atoms with van der Waals surface area (Å²) in [4.78, 5) is 12.1. The predicted molar refractivity (Wildman–Crippen MR) is 97.9 cm³/mol. The van der Waals surface area contributed by atoms with Crippen LogP contribution in [0.5, 0.6) is 0 Å². The number of methoxy groups -OCH3 is 1. The van der Waals surface area contributed by atoms with Crippen molar-refractivity contribution in [2.24, 2.45) is 22.7 Å². The fraction of sp³-hybridized carbons (Fsp3) is 0.857. The van der Waals surface area contributed by atoms with E-state index in [0.717, 1.165) is 32.3 Å². The Labute approximate surface area is 160 Å². The van der Waals surface area contributed by atoms with Gasteiger partial charge in [-0.1, -0.05) is 19.9 Å². The zero-order valence-corrected chi connectivity index (χ0v) is 16.6. The molecule has 0 radical (unpaired) electrons. The molecule has 3 unspecified atom stereocenters. The number of aliphatic hydroxyl groups excluding tert-OH is 2. The van der Waals surface area contributed by atoms with Gasteiger partial charge in [0, 0.05) is 12.5 Å². The lowest BCUT2D eigenvalue weighted by molar-refractivity contribution is -0.175. The molecule has 6 nitrogen and oxygen atoms in total. The molecule has 0 aromatic heterocycles. The number of epoxide rings is 1. The van der Waals surface area contributed by atoms with Crippen molar-refractivity contribution in [3.63, 3.8) is 0 Å². The molecule has 4 rings (SSSR count). The van der Waals surface area contributed by atoms with Gasteiger partial charge in [-0.3, -0.25) is 0 Å². The van der Waals surface area contributed by atoms with Crippen molar-refractivity contribution in [3.05, 3.63) is 11.6 Å². The number of carbonyl (C=O) groups is 1. The van der Waals surface area contributed by atoms with Gasteiger partial charge in [0.25, 0.3) is 0 Å². The van der Waals surface area contributed by atoms with E-state index in [1.54, 1.807) is 7.11 Å². The van der Waals surface area contributed by atoms with Gasteiger partial charge in [0.05, 0.1) is 30.5 Å². The van der Waals surface area contributed by atoms with Crippen LogP contribution in [0.1, 0.15) is 46.0 Å². The lowest BCUT2D eigenvalue weighted by atomic mass is 9.45. The number of esters is 1. The molecule has 2 heterocycles. The minimum Gasteiger partial charge on any atom is -0.459 e. The highest BCUT2D eigenvalue weighted by Gasteiger charge is 2.66. The van der Waals surface area contributed by atoms with E-state index in [9.17, 15) is 15.0 Å². The Hall–Kier alpha value is -0.950. The third-order valence-electron chi connectivity index (χ3n) is 8.26. The highest BCUT2D eigenvalue weighted by molar-refractivity contribution is 5.91. The van der Waals surface area contributed by atoms with Crippen LogP contribution in [0.3, 0.4) is 0 Å². The van der Waals surface area contributed by atoms with E-state index in [0.29, 0.717) is 12.0 Å². The lowest BCUT2D eigenvalue weighted by Gasteiger charge is -2.60.